The molecule has 0 atom stereocenters. The van der Waals surface area contributed by atoms with Crippen LogP contribution in [0.2, 0.25) is 0 Å². The van der Waals surface area contributed by atoms with Gasteiger partial charge < -0.3 is 10.0 Å². The van der Waals surface area contributed by atoms with Crippen LogP contribution in [0, 0.1) is 0 Å². The van der Waals surface area contributed by atoms with Crippen LogP contribution in [0.5, 0.6) is 0 Å². The van der Waals surface area contributed by atoms with E-state index in [0.717, 1.165) is 24.0 Å². The van der Waals surface area contributed by atoms with E-state index in [2.05, 4.69) is 13.0 Å². The van der Waals surface area contributed by atoms with Gasteiger partial charge >= 0.3 is 0 Å². The van der Waals surface area contributed by atoms with Crippen LogP contribution in [0.4, 0.5) is 0 Å². The van der Waals surface area contributed by atoms with Crippen LogP contribution in [0.15, 0.2) is 24.3 Å². The molecule has 1 amide bonds. The molecule has 0 radical (unpaired) electrons. The zero-order valence-electron chi connectivity index (χ0n) is 13.6. The van der Waals surface area contributed by atoms with Crippen molar-refractivity contribution in [3.05, 3.63) is 35.4 Å². The van der Waals surface area contributed by atoms with Gasteiger partial charge in [0, 0.05) is 19.2 Å². The summed E-state index contributed by atoms with van der Waals surface area (Å²) in [6.45, 7) is 6.51. The van der Waals surface area contributed by atoms with Crippen molar-refractivity contribution in [3.8, 4) is 0 Å². The Morgan fingerprint density at radius 1 is 1.29 bits per heavy atom. The third-order valence-electron chi connectivity index (χ3n) is 5.00. The highest BCUT2D eigenvalue weighted by molar-refractivity contribution is 5.96. The van der Waals surface area contributed by atoms with E-state index in [1.807, 2.05) is 32.0 Å². The molecule has 0 saturated heterocycles. The number of carbonyl (C=O) groups excluding carboxylic acids is 1. The molecule has 0 aromatic heterocycles. The molecule has 1 aromatic rings. The predicted molar refractivity (Wildman–Crippen MR) is 85.5 cm³/mol. The highest BCUT2D eigenvalue weighted by Gasteiger charge is 2.41. The Kier molecular flexibility index (Phi) is 4.43. The Balaban J connectivity index is 2.21. The predicted octanol–water partition coefficient (Wildman–Crippen LogP) is 3.36. The van der Waals surface area contributed by atoms with Gasteiger partial charge in [-0.05, 0) is 42.7 Å². The highest BCUT2D eigenvalue weighted by atomic mass is 16.3. The molecule has 1 aromatic carbocycles. The van der Waals surface area contributed by atoms with Crippen LogP contribution in [-0.4, -0.2) is 35.1 Å². The van der Waals surface area contributed by atoms with Crippen molar-refractivity contribution in [2.75, 3.05) is 13.6 Å². The zero-order chi connectivity index (χ0) is 15.7. The van der Waals surface area contributed by atoms with E-state index in [0.29, 0.717) is 19.4 Å². The number of amides is 1. The minimum Gasteiger partial charge on any atom is -0.388 e. The van der Waals surface area contributed by atoms with Gasteiger partial charge in [-0.1, -0.05) is 39.0 Å². The third-order valence-corrected chi connectivity index (χ3v) is 5.00. The van der Waals surface area contributed by atoms with E-state index in [1.165, 1.54) is 0 Å². The van der Waals surface area contributed by atoms with E-state index in [9.17, 15) is 9.90 Å². The van der Waals surface area contributed by atoms with Crippen molar-refractivity contribution >= 4 is 5.91 Å². The normalized spacial score (nSPS) is 16.6. The van der Waals surface area contributed by atoms with Crippen LogP contribution in [0.1, 0.15) is 62.4 Å². The van der Waals surface area contributed by atoms with Gasteiger partial charge in [0.15, 0.2) is 0 Å². The molecule has 0 bridgehead atoms. The average molecular weight is 289 g/mol. The van der Waals surface area contributed by atoms with Gasteiger partial charge in [-0.15, -0.1) is 0 Å². The minimum absolute atomic E-state index is 0.0130. The minimum atomic E-state index is -0.789. The third kappa shape index (κ3) is 3.29. The van der Waals surface area contributed by atoms with Gasteiger partial charge in [0.25, 0.3) is 5.91 Å². The first-order valence-corrected chi connectivity index (χ1v) is 7.92. The number of hydrogen-bond donors (Lipinski definition) is 1. The molecule has 1 saturated carbocycles. The van der Waals surface area contributed by atoms with E-state index >= 15 is 0 Å². The Bertz CT molecular complexity index is 516. The van der Waals surface area contributed by atoms with E-state index in [4.69, 9.17) is 0 Å². The molecule has 0 unspecified atom stereocenters. The second-order valence-corrected chi connectivity index (χ2v) is 6.70. The van der Waals surface area contributed by atoms with E-state index in [-0.39, 0.29) is 11.3 Å². The number of carbonyl (C=O) groups is 1. The van der Waals surface area contributed by atoms with Gasteiger partial charge in [-0.25, -0.2) is 0 Å². The fraction of sp³-hybridized carbons (Fsp3) is 0.611. The summed E-state index contributed by atoms with van der Waals surface area (Å²) >= 11 is 0. The summed E-state index contributed by atoms with van der Waals surface area (Å²) in [4.78, 5) is 14.4. The molecule has 0 aliphatic heterocycles. The maximum atomic E-state index is 12.8. The Labute approximate surface area is 128 Å². The number of benzene rings is 1. The SMILES string of the molecule is CCC(O)(CC)CN(C)C(=O)c1ccccc1C1(C)CC1. The van der Waals surface area contributed by atoms with Crippen LogP contribution < -0.4 is 0 Å². The van der Waals surface area contributed by atoms with Gasteiger partial charge in [0.05, 0.1) is 5.60 Å². The summed E-state index contributed by atoms with van der Waals surface area (Å²) in [5.74, 6) is 0.0130. The van der Waals surface area contributed by atoms with Gasteiger partial charge in [-0.3, -0.25) is 4.79 Å². The number of rotatable bonds is 6. The molecule has 21 heavy (non-hydrogen) atoms. The van der Waals surface area contributed by atoms with Crippen molar-refractivity contribution < 1.29 is 9.90 Å². The maximum absolute atomic E-state index is 12.8. The highest BCUT2D eigenvalue weighted by Crippen LogP contribution is 2.48. The topological polar surface area (TPSA) is 40.5 Å². The lowest BCUT2D eigenvalue weighted by Crippen LogP contribution is -2.43. The summed E-state index contributed by atoms with van der Waals surface area (Å²) in [6, 6.07) is 7.90. The lowest BCUT2D eigenvalue weighted by Gasteiger charge is -2.31. The average Bonchev–Trinajstić information content (AvgIpc) is 3.25. The standard InChI is InChI=1S/C18H27NO2/c1-5-18(21,6-2)13-19(4)16(20)14-9-7-8-10-15(14)17(3)11-12-17/h7-10,21H,5-6,11-13H2,1-4H3. The van der Waals surface area contributed by atoms with Crippen molar-refractivity contribution in [2.45, 2.75) is 57.5 Å². The fourth-order valence-electron chi connectivity index (χ4n) is 2.85. The van der Waals surface area contributed by atoms with Crippen molar-refractivity contribution in [1.82, 2.24) is 4.90 Å². The molecule has 1 N–H and O–H groups in total. The second kappa shape index (κ2) is 5.80. The first kappa shape index (κ1) is 16.0. The molecule has 0 heterocycles. The van der Waals surface area contributed by atoms with Crippen LogP contribution in [0.25, 0.3) is 0 Å². The largest absolute Gasteiger partial charge is 0.388 e. The lowest BCUT2D eigenvalue weighted by atomic mass is 9.92. The maximum Gasteiger partial charge on any atom is 0.253 e. The Hall–Kier alpha value is -1.35. The molecule has 116 valence electrons. The van der Waals surface area contributed by atoms with Crippen molar-refractivity contribution in [3.63, 3.8) is 0 Å². The second-order valence-electron chi connectivity index (χ2n) is 6.70. The van der Waals surface area contributed by atoms with Crippen molar-refractivity contribution in [1.29, 1.82) is 0 Å². The molecule has 2 rings (SSSR count). The summed E-state index contributed by atoms with van der Waals surface area (Å²) in [5, 5.41) is 10.4. The summed E-state index contributed by atoms with van der Waals surface area (Å²) in [7, 11) is 1.78. The first-order valence-electron chi connectivity index (χ1n) is 7.92. The van der Waals surface area contributed by atoms with Crippen molar-refractivity contribution in [2.24, 2.45) is 0 Å². The molecule has 1 aliphatic rings. The molecule has 1 fully saturated rings. The van der Waals surface area contributed by atoms with Crippen LogP contribution in [0.3, 0.4) is 0 Å². The van der Waals surface area contributed by atoms with Crippen LogP contribution in [-0.2, 0) is 5.41 Å². The summed E-state index contributed by atoms with van der Waals surface area (Å²) < 4.78 is 0. The monoisotopic (exact) mass is 289 g/mol. The Morgan fingerprint density at radius 3 is 2.38 bits per heavy atom. The molecule has 0 spiro atoms. The number of nitrogens with zero attached hydrogens (tertiary/aromatic N) is 1. The quantitative estimate of drug-likeness (QED) is 0.872. The molecular weight excluding hydrogens is 262 g/mol. The number of likely N-dealkylation sites (N-methyl/N-ethyl adjacent to an activating group) is 1. The number of aliphatic hydroxyl groups is 1. The lowest BCUT2D eigenvalue weighted by molar-refractivity contribution is 0.00422. The fourth-order valence-corrected chi connectivity index (χ4v) is 2.85. The number of hydrogen-bond acceptors (Lipinski definition) is 2. The molecule has 1 aliphatic carbocycles. The molecule has 3 nitrogen and oxygen atoms in total. The van der Waals surface area contributed by atoms with Gasteiger partial charge in [0.2, 0.25) is 0 Å². The van der Waals surface area contributed by atoms with Gasteiger partial charge in [0.1, 0.15) is 0 Å². The van der Waals surface area contributed by atoms with E-state index < -0.39 is 5.60 Å². The summed E-state index contributed by atoms with van der Waals surface area (Å²) in [6.07, 6.45) is 3.60. The van der Waals surface area contributed by atoms with E-state index in [1.54, 1.807) is 11.9 Å². The molecular formula is C18H27NO2. The first-order chi connectivity index (χ1) is 9.85. The zero-order valence-corrected chi connectivity index (χ0v) is 13.6. The summed E-state index contributed by atoms with van der Waals surface area (Å²) in [5.41, 5.74) is 1.31. The molecule has 3 heteroatoms. The van der Waals surface area contributed by atoms with Crippen LogP contribution >= 0.6 is 0 Å². The smallest absolute Gasteiger partial charge is 0.253 e. The Morgan fingerprint density at radius 2 is 1.86 bits per heavy atom. The van der Waals surface area contributed by atoms with Gasteiger partial charge in [-0.2, -0.15) is 0 Å².